The lowest BCUT2D eigenvalue weighted by Gasteiger charge is -2.19. The summed E-state index contributed by atoms with van der Waals surface area (Å²) in [5, 5.41) is 2.70. The minimum absolute atomic E-state index is 0.0801. The Morgan fingerprint density at radius 1 is 1.32 bits per heavy atom. The van der Waals surface area contributed by atoms with Gasteiger partial charge in [-0.25, -0.2) is 0 Å². The van der Waals surface area contributed by atoms with Crippen LogP contribution in [0.15, 0.2) is 12.7 Å². The van der Waals surface area contributed by atoms with Crippen LogP contribution in [-0.4, -0.2) is 36.7 Å². The van der Waals surface area contributed by atoms with E-state index in [4.69, 9.17) is 9.47 Å². The Morgan fingerprint density at radius 2 is 1.95 bits per heavy atom. The summed E-state index contributed by atoms with van der Waals surface area (Å²) in [6.45, 7) is 11.7. The largest absolute Gasteiger partial charge is 0.460 e. The van der Waals surface area contributed by atoms with Gasteiger partial charge in [0.25, 0.3) is 0 Å². The van der Waals surface area contributed by atoms with Gasteiger partial charge in [-0.15, -0.1) is 6.58 Å². The first-order chi connectivity index (χ1) is 8.74. The van der Waals surface area contributed by atoms with Crippen molar-refractivity contribution in [2.75, 3.05) is 13.2 Å². The monoisotopic (exact) mass is 271 g/mol. The summed E-state index contributed by atoms with van der Waals surface area (Å²) in [6.07, 6.45) is 1.79. The molecule has 0 aliphatic rings. The zero-order chi connectivity index (χ0) is 14.9. The van der Waals surface area contributed by atoms with Crippen LogP contribution in [0.5, 0.6) is 0 Å². The average molecular weight is 271 g/mol. The Labute approximate surface area is 115 Å². The van der Waals surface area contributed by atoms with Crippen LogP contribution in [0.4, 0.5) is 0 Å². The van der Waals surface area contributed by atoms with E-state index in [1.165, 1.54) is 0 Å². The molecule has 0 spiro atoms. The van der Waals surface area contributed by atoms with Crippen molar-refractivity contribution in [3.8, 4) is 0 Å². The molecule has 0 fully saturated rings. The van der Waals surface area contributed by atoms with Crippen molar-refractivity contribution in [2.45, 2.75) is 52.2 Å². The lowest BCUT2D eigenvalue weighted by atomic mass is 10.2. The molecule has 1 atom stereocenters. The van der Waals surface area contributed by atoms with Gasteiger partial charge in [0.15, 0.2) is 0 Å². The quantitative estimate of drug-likeness (QED) is 0.540. The van der Waals surface area contributed by atoms with Crippen molar-refractivity contribution < 1.29 is 19.1 Å². The number of hydrogen-bond acceptors (Lipinski definition) is 4. The molecule has 0 saturated carbocycles. The normalized spacial score (nSPS) is 12.6. The fraction of sp³-hybridized carbons (Fsp3) is 0.714. The van der Waals surface area contributed by atoms with Gasteiger partial charge < -0.3 is 14.8 Å². The van der Waals surface area contributed by atoms with Gasteiger partial charge in [-0.1, -0.05) is 6.08 Å². The lowest BCUT2D eigenvalue weighted by Crippen LogP contribution is -2.32. The van der Waals surface area contributed by atoms with E-state index in [0.29, 0.717) is 13.2 Å². The highest BCUT2D eigenvalue weighted by Gasteiger charge is 2.17. The summed E-state index contributed by atoms with van der Waals surface area (Å²) in [7, 11) is 0. The second-order valence-corrected chi connectivity index (χ2v) is 5.32. The van der Waals surface area contributed by atoms with Crippen LogP contribution in [0, 0.1) is 0 Å². The molecular formula is C14H25NO4. The number of amides is 1. The molecule has 0 heterocycles. The Morgan fingerprint density at radius 3 is 2.47 bits per heavy atom. The second-order valence-electron chi connectivity index (χ2n) is 5.32. The summed E-state index contributed by atoms with van der Waals surface area (Å²) in [6, 6.07) is 0. The van der Waals surface area contributed by atoms with Crippen molar-refractivity contribution in [3.63, 3.8) is 0 Å². The Balaban J connectivity index is 3.75. The molecule has 0 bridgehead atoms. The van der Waals surface area contributed by atoms with Crippen LogP contribution in [0.2, 0.25) is 0 Å². The molecule has 0 aromatic heterocycles. The van der Waals surface area contributed by atoms with Gasteiger partial charge in [0.1, 0.15) is 5.60 Å². The van der Waals surface area contributed by atoms with Gasteiger partial charge in [0.05, 0.1) is 19.1 Å². The third kappa shape index (κ3) is 11.5. The maximum atomic E-state index is 11.5. The summed E-state index contributed by atoms with van der Waals surface area (Å²) in [5.74, 6) is -0.543. The molecule has 0 aromatic rings. The Hall–Kier alpha value is -1.36. The van der Waals surface area contributed by atoms with Gasteiger partial charge in [-0.3, -0.25) is 9.59 Å². The highest BCUT2D eigenvalue weighted by molar-refractivity contribution is 5.81. The van der Waals surface area contributed by atoms with Crippen LogP contribution >= 0.6 is 0 Å². The van der Waals surface area contributed by atoms with Crippen molar-refractivity contribution in [1.82, 2.24) is 5.32 Å². The summed E-state index contributed by atoms with van der Waals surface area (Å²) in [5.41, 5.74) is -0.513. The van der Waals surface area contributed by atoms with Crippen LogP contribution in [0.3, 0.4) is 0 Å². The van der Waals surface area contributed by atoms with Gasteiger partial charge in [0.2, 0.25) is 5.91 Å². The van der Waals surface area contributed by atoms with E-state index >= 15 is 0 Å². The maximum Gasteiger partial charge on any atom is 0.306 e. The molecule has 0 saturated heterocycles. The highest BCUT2D eigenvalue weighted by atomic mass is 16.6. The first kappa shape index (κ1) is 17.6. The molecule has 5 heteroatoms. The van der Waals surface area contributed by atoms with E-state index in [1.807, 2.05) is 6.92 Å². The number of rotatable bonds is 8. The molecule has 0 aliphatic carbocycles. The molecule has 0 aromatic carbocycles. The zero-order valence-corrected chi connectivity index (χ0v) is 12.3. The minimum atomic E-state index is -0.513. The summed E-state index contributed by atoms with van der Waals surface area (Å²) < 4.78 is 10.4. The predicted molar refractivity (Wildman–Crippen MR) is 73.7 cm³/mol. The number of carbonyl (C=O) groups excluding carboxylic acids is 2. The molecule has 5 nitrogen and oxygen atoms in total. The molecule has 0 aliphatic heterocycles. The second kappa shape index (κ2) is 8.69. The van der Waals surface area contributed by atoms with Crippen molar-refractivity contribution >= 4 is 11.9 Å². The van der Waals surface area contributed by atoms with Gasteiger partial charge >= 0.3 is 5.97 Å². The van der Waals surface area contributed by atoms with E-state index in [0.717, 1.165) is 0 Å². The smallest absolute Gasteiger partial charge is 0.306 e. The summed E-state index contributed by atoms with van der Waals surface area (Å²) >= 11 is 0. The van der Waals surface area contributed by atoms with Crippen LogP contribution in [0.25, 0.3) is 0 Å². The van der Waals surface area contributed by atoms with E-state index in [2.05, 4.69) is 11.9 Å². The Kier molecular flexibility index (Phi) is 8.07. The first-order valence-electron chi connectivity index (χ1n) is 6.45. The van der Waals surface area contributed by atoms with Crippen LogP contribution < -0.4 is 5.32 Å². The maximum absolute atomic E-state index is 11.5. The van der Waals surface area contributed by atoms with E-state index in [9.17, 15) is 9.59 Å². The highest BCUT2D eigenvalue weighted by Crippen LogP contribution is 2.08. The predicted octanol–water partition coefficient (Wildman–Crippen LogP) is 1.82. The third-order valence-corrected chi connectivity index (χ3v) is 2.06. The fourth-order valence-electron chi connectivity index (χ4n) is 1.25. The summed E-state index contributed by atoms with van der Waals surface area (Å²) in [4.78, 5) is 22.9. The van der Waals surface area contributed by atoms with E-state index in [-0.39, 0.29) is 30.8 Å². The van der Waals surface area contributed by atoms with Gasteiger partial charge in [-0.05, 0) is 27.7 Å². The topological polar surface area (TPSA) is 64.6 Å². The number of hydrogen-bond donors (Lipinski definition) is 1. The molecule has 110 valence electrons. The molecule has 1 unspecified atom stereocenters. The van der Waals surface area contributed by atoms with Crippen LogP contribution in [0.1, 0.15) is 40.5 Å². The standard InChI is InChI=1S/C14H25NO4/c1-6-9-18-11(2)10-15-12(16)7-8-13(17)19-14(3,4)5/h6,11H,1,7-10H2,2-5H3,(H,15,16). The molecule has 19 heavy (non-hydrogen) atoms. The minimum Gasteiger partial charge on any atom is -0.460 e. The molecule has 1 N–H and O–H groups in total. The van der Waals surface area contributed by atoms with Crippen molar-refractivity contribution in [1.29, 1.82) is 0 Å². The fourth-order valence-corrected chi connectivity index (χ4v) is 1.25. The van der Waals surface area contributed by atoms with Gasteiger partial charge in [0, 0.05) is 13.0 Å². The number of ether oxygens (including phenoxy) is 2. The van der Waals surface area contributed by atoms with Crippen LogP contribution in [-0.2, 0) is 19.1 Å². The van der Waals surface area contributed by atoms with Gasteiger partial charge in [-0.2, -0.15) is 0 Å². The third-order valence-electron chi connectivity index (χ3n) is 2.06. The Bertz CT molecular complexity index is 307. The lowest BCUT2D eigenvalue weighted by molar-refractivity contribution is -0.155. The SMILES string of the molecule is C=CCOC(C)CNC(=O)CCC(=O)OC(C)(C)C. The molecular weight excluding hydrogens is 246 g/mol. The average Bonchev–Trinajstić information content (AvgIpc) is 2.29. The van der Waals surface area contributed by atoms with E-state index in [1.54, 1.807) is 26.8 Å². The number of esters is 1. The molecule has 0 radical (unpaired) electrons. The molecule has 1 amide bonds. The number of carbonyl (C=O) groups is 2. The first-order valence-corrected chi connectivity index (χ1v) is 6.45. The molecule has 0 rings (SSSR count). The zero-order valence-electron chi connectivity index (χ0n) is 12.3. The van der Waals surface area contributed by atoms with Crippen molar-refractivity contribution in [3.05, 3.63) is 12.7 Å². The van der Waals surface area contributed by atoms with Crippen molar-refractivity contribution in [2.24, 2.45) is 0 Å². The number of nitrogens with one attached hydrogen (secondary N) is 1. The van der Waals surface area contributed by atoms with E-state index < -0.39 is 5.60 Å².